The summed E-state index contributed by atoms with van der Waals surface area (Å²) in [5.41, 5.74) is -1.54. The second kappa shape index (κ2) is 16.7. The number of hydrogen-bond donors (Lipinski definition) is 3. The van der Waals surface area contributed by atoms with Crippen molar-refractivity contribution in [1.29, 1.82) is 0 Å². The van der Waals surface area contributed by atoms with Gasteiger partial charge >= 0.3 is 12.1 Å². The van der Waals surface area contributed by atoms with Crippen LogP contribution >= 0.6 is 12.2 Å². The fourth-order valence-electron chi connectivity index (χ4n) is 5.65. The number of halogens is 3. The van der Waals surface area contributed by atoms with E-state index in [1.54, 1.807) is 18.2 Å². The van der Waals surface area contributed by atoms with Gasteiger partial charge in [0.2, 0.25) is 5.76 Å². The number of thiocarbonyl (C=S) groups is 1. The maximum Gasteiger partial charge on any atom is 0.416 e. The summed E-state index contributed by atoms with van der Waals surface area (Å²) in [6.07, 6.45) is 6.20. The number of hydrogen-bond acceptors (Lipinski definition) is 8. The Kier molecular flexibility index (Phi) is 12.7. The van der Waals surface area contributed by atoms with Crippen molar-refractivity contribution in [2.24, 2.45) is 0 Å². The Hall–Kier alpha value is -4.81. The number of carbonyl (C=O) groups excluding carboxylic acids is 1. The van der Waals surface area contributed by atoms with E-state index >= 15 is 0 Å². The molecule has 0 unspecified atom stereocenters. The Morgan fingerprint density at radius 1 is 1.14 bits per heavy atom. The summed E-state index contributed by atoms with van der Waals surface area (Å²) in [4.78, 5) is 38.2. The molecule has 0 bridgehead atoms. The Morgan fingerprint density at radius 2 is 1.90 bits per heavy atom. The van der Waals surface area contributed by atoms with Gasteiger partial charge in [0.05, 0.1) is 34.6 Å². The molecule has 3 N–H and O–H groups in total. The van der Waals surface area contributed by atoms with Crippen molar-refractivity contribution in [2.75, 3.05) is 6.61 Å². The highest BCUT2D eigenvalue weighted by Crippen LogP contribution is 2.36. The first-order valence-corrected chi connectivity index (χ1v) is 16.5. The Balaban J connectivity index is 1.54. The first-order valence-electron chi connectivity index (χ1n) is 16.1. The third-order valence-electron chi connectivity index (χ3n) is 8.14. The van der Waals surface area contributed by atoms with Crippen LogP contribution < -0.4 is 20.8 Å². The molecule has 50 heavy (non-hydrogen) atoms. The van der Waals surface area contributed by atoms with Gasteiger partial charge in [0.15, 0.2) is 11.2 Å². The Bertz CT molecular complexity index is 2010. The number of benzene rings is 2. The van der Waals surface area contributed by atoms with E-state index in [2.05, 4.69) is 0 Å². The smallest absolute Gasteiger partial charge is 0.416 e. The normalized spacial score (nSPS) is 14.2. The average molecular weight is 711 g/mol. The van der Waals surface area contributed by atoms with Crippen LogP contribution in [0, 0.1) is 0 Å². The quantitative estimate of drug-likeness (QED) is 0.0680. The third-order valence-corrected chi connectivity index (χ3v) is 8.43. The highest BCUT2D eigenvalue weighted by atomic mass is 32.1. The minimum absolute atomic E-state index is 0.0426. The summed E-state index contributed by atoms with van der Waals surface area (Å²) < 4.78 is 52.0. The van der Waals surface area contributed by atoms with Crippen molar-refractivity contribution in [3.05, 3.63) is 115 Å². The van der Waals surface area contributed by atoms with E-state index in [1.165, 1.54) is 43.4 Å². The number of phenolic OH excluding ortho intramolecular Hbond substituents is 1. The number of ketones is 1. The second-order valence-corrected chi connectivity index (χ2v) is 12.3. The molecule has 1 aliphatic carbocycles. The number of phenols is 1. The van der Waals surface area contributed by atoms with Crippen LogP contribution in [-0.4, -0.2) is 38.5 Å². The number of carboxylic acids is 1. The van der Waals surface area contributed by atoms with Crippen LogP contribution in [-0.2, 0) is 12.6 Å². The first kappa shape index (κ1) is 38.0. The van der Waals surface area contributed by atoms with Crippen LogP contribution in [0.25, 0.3) is 12.2 Å². The number of allylic oxidation sites excluding steroid dienone is 3. The molecule has 2 aromatic carbocycles. The maximum absolute atomic E-state index is 13.7. The van der Waals surface area contributed by atoms with Crippen molar-refractivity contribution in [3.63, 3.8) is 0 Å². The molecule has 4 rings (SSSR count). The van der Waals surface area contributed by atoms with Crippen LogP contribution in [0.5, 0.6) is 11.5 Å². The van der Waals surface area contributed by atoms with E-state index in [0.29, 0.717) is 48.5 Å². The number of alkyl halides is 3. The number of aliphatic hydroxyl groups excluding tert-OH is 1. The van der Waals surface area contributed by atoms with Crippen molar-refractivity contribution >= 4 is 41.0 Å². The lowest BCUT2D eigenvalue weighted by Gasteiger charge is -2.22. The van der Waals surface area contributed by atoms with E-state index in [0.717, 1.165) is 24.6 Å². The van der Waals surface area contributed by atoms with Gasteiger partial charge in [-0.15, -0.1) is 0 Å². The number of carbonyl (C=O) groups is 2. The minimum Gasteiger partial charge on any atom is -0.507 e. The average Bonchev–Trinajstić information content (AvgIpc) is 3.06. The molecule has 264 valence electrons. The summed E-state index contributed by atoms with van der Waals surface area (Å²) in [5, 5.41) is 32.0. The number of aromatic hydroxyl groups is 1. The number of carboxylic acid groups (broad SMARTS) is 1. The molecule has 0 saturated heterocycles. The van der Waals surface area contributed by atoms with Gasteiger partial charge in [-0.2, -0.15) is 13.2 Å². The highest BCUT2D eigenvalue weighted by molar-refractivity contribution is 7.81. The number of Topliss-reactive ketones (excluding diaryl/α,β-unsaturated/α-hetero) is 1. The van der Waals surface area contributed by atoms with Gasteiger partial charge in [0, 0.05) is 22.8 Å². The SMILES string of the molecule is CCCc1c(OCCCC/C=C\C=C\[C@@H](c2c(C(=O)O)oc3c(c2=O)=CCC(=S)C=3)[C@@H](O)c2cccc(C(F)(F)F)c2)ccc(C(C)=O)c1O. The number of aliphatic hydroxyl groups is 1. The van der Waals surface area contributed by atoms with Gasteiger partial charge in [0.25, 0.3) is 0 Å². The fourth-order valence-corrected chi connectivity index (χ4v) is 5.84. The molecule has 1 aliphatic rings. The molecule has 0 amide bonds. The zero-order valence-electron chi connectivity index (χ0n) is 27.5. The number of ether oxygens (including phenoxy) is 1. The predicted molar refractivity (Wildman–Crippen MR) is 186 cm³/mol. The van der Waals surface area contributed by atoms with Crippen molar-refractivity contribution < 1.29 is 47.2 Å². The lowest BCUT2D eigenvalue weighted by Crippen LogP contribution is -2.45. The Labute approximate surface area is 291 Å². The highest BCUT2D eigenvalue weighted by Gasteiger charge is 2.34. The van der Waals surface area contributed by atoms with Crippen LogP contribution in [0.15, 0.2) is 69.9 Å². The van der Waals surface area contributed by atoms with E-state index in [-0.39, 0.29) is 39.7 Å². The molecule has 1 heterocycles. The fraction of sp³-hybridized carbons (Fsp3) is 0.316. The van der Waals surface area contributed by atoms with E-state index in [1.807, 2.05) is 6.92 Å². The van der Waals surface area contributed by atoms with Crippen LogP contribution in [0.4, 0.5) is 13.2 Å². The molecular weight excluding hydrogens is 673 g/mol. The molecular formula is C38H37F3O8S. The van der Waals surface area contributed by atoms with E-state index < -0.39 is 46.5 Å². The topological polar surface area (TPSA) is 134 Å². The molecule has 0 aliphatic heterocycles. The first-order chi connectivity index (χ1) is 23.7. The number of aromatic carboxylic acids is 1. The van der Waals surface area contributed by atoms with Crippen LogP contribution in [0.3, 0.4) is 0 Å². The summed E-state index contributed by atoms with van der Waals surface area (Å²) in [5.74, 6) is -3.52. The number of unbranched alkanes of at least 4 members (excludes halogenated alkanes) is 2. The molecule has 0 radical (unpaired) electrons. The third kappa shape index (κ3) is 9.05. The standard InChI is InChI=1S/C38H37F3O8S/c1-3-11-27-30(18-17-26(22(2)42)34(27)44)48-19-9-7-5-4-6-8-14-29(33(43)23-12-10-13-24(20-23)38(39,40)41)32-35(45)28-16-15-25(50)21-31(28)49-36(32)37(46)47/h4,6,8,10,12-14,16-18,20-21,29,33,43-44H,3,5,7,9,11,15,19H2,1-2H3,(H,46,47)/b6-4-,14-8+/t29-,33-/m0/s1. The Morgan fingerprint density at radius 3 is 2.58 bits per heavy atom. The van der Waals surface area contributed by atoms with Gasteiger partial charge in [-0.3, -0.25) is 9.59 Å². The number of rotatable bonds is 15. The van der Waals surface area contributed by atoms with Gasteiger partial charge < -0.3 is 24.5 Å². The largest absolute Gasteiger partial charge is 0.507 e. The zero-order chi connectivity index (χ0) is 36.6. The maximum atomic E-state index is 13.7. The number of fused-ring (bicyclic) bond motifs is 1. The summed E-state index contributed by atoms with van der Waals surface area (Å²) in [7, 11) is 0. The molecule has 0 saturated carbocycles. The molecule has 2 atom stereocenters. The van der Waals surface area contributed by atoms with E-state index in [9.17, 15) is 42.9 Å². The molecule has 0 spiro atoms. The van der Waals surface area contributed by atoms with Gasteiger partial charge in [0.1, 0.15) is 16.9 Å². The molecule has 0 fully saturated rings. The molecule has 3 aromatic rings. The van der Waals surface area contributed by atoms with Gasteiger partial charge in [-0.05, 0) is 68.5 Å². The van der Waals surface area contributed by atoms with E-state index in [4.69, 9.17) is 21.4 Å². The van der Waals surface area contributed by atoms with Gasteiger partial charge in [-0.1, -0.05) is 68.1 Å². The summed E-state index contributed by atoms with van der Waals surface area (Å²) in [6, 6.07) is 7.21. The van der Waals surface area contributed by atoms with Crippen molar-refractivity contribution in [1.82, 2.24) is 0 Å². The molecule has 8 nitrogen and oxygen atoms in total. The lowest BCUT2D eigenvalue weighted by atomic mass is 9.86. The zero-order valence-corrected chi connectivity index (χ0v) is 28.3. The minimum atomic E-state index is -4.70. The van der Waals surface area contributed by atoms with Crippen LogP contribution in [0.1, 0.15) is 101 Å². The lowest BCUT2D eigenvalue weighted by molar-refractivity contribution is -0.137. The second-order valence-electron chi connectivity index (χ2n) is 11.8. The van der Waals surface area contributed by atoms with Crippen molar-refractivity contribution in [2.45, 2.75) is 70.6 Å². The monoisotopic (exact) mass is 710 g/mol. The predicted octanol–water partition coefficient (Wildman–Crippen LogP) is 6.73. The summed E-state index contributed by atoms with van der Waals surface area (Å²) in [6.45, 7) is 3.70. The molecule has 1 aromatic heterocycles. The van der Waals surface area contributed by atoms with Gasteiger partial charge in [-0.25, -0.2) is 4.79 Å². The van der Waals surface area contributed by atoms with Crippen molar-refractivity contribution in [3.8, 4) is 11.5 Å². The van der Waals surface area contributed by atoms with Crippen LogP contribution in [0.2, 0.25) is 0 Å². The summed E-state index contributed by atoms with van der Waals surface area (Å²) >= 11 is 5.16. The molecule has 12 heteroatoms.